The first-order chi connectivity index (χ1) is 10.3. The van der Waals surface area contributed by atoms with Gasteiger partial charge in [-0.25, -0.2) is 0 Å². The van der Waals surface area contributed by atoms with Crippen LogP contribution in [0.3, 0.4) is 0 Å². The van der Waals surface area contributed by atoms with Crippen LogP contribution < -0.4 is 0 Å². The molecular weight excluding hydrogens is 264 g/mol. The highest BCUT2D eigenvalue weighted by molar-refractivity contribution is 5.62. The maximum Gasteiger partial charge on any atom is 0.261 e. The predicted octanol–water partition coefficient (Wildman–Crippen LogP) is 3.52. The largest absolute Gasteiger partial charge is 0.507 e. The Labute approximate surface area is 122 Å². The lowest BCUT2D eigenvalue weighted by Gasteiger charge is -2.10. The molecule has 4 nitrogen and oxygen atoms in total. The second-order valence-corrected chi connectivity index (χ2v) is 5.39. The minimum absolute atomic E-state index is 0.118. The van der Waals surface area contributed by atoms with E-state index in [1.165, 1.54) is 5.56 Å². The van der Waals surface area contributed by atoms with Crippen LogP contribution in [0.1, 0.15) is 24.2 Å². The third kappa shape index (κ3) is 1.91. The van der Waals surface area contributed by atoms with Gasteiger partial charge in [0, 0.05) is 0 Å². The van der Waals surface area contributed by atoms with Crippen LogP contribution in [0, 0.1) is 0 Å². The van der Waals surface area contributed by atoms with Crippen molar-refractivity contribution in [2.75, 3.05) is 0 Å². The van der Waals surface area contributed by atoms with Crippen molar-refractivity contribution in [1.82, 2.24) is 10.1 Å². The zero-order chi connectivity index (χ0) is 14.3. The molecule has 0 saturated heterocycles. The van der Waals surface area contributed by atoms with E-state index in [2.05, 4.69) is 22.3 Å². The van der Waals surface area contributed by atoms with Crippen LogP contribution in [-0.2, 0) is 5.41 Å². The van der Waals surface area contributed by atoms with E-state index in [0.29, 0.717) is 17.3 Å². The molecule has 104 valence electrons. The number of benzene rings is 2. The maximum absolute atomic E-state index is 9.88. The van der Waals surface area contributed by atoms with Gasteiger partial charge in [-0.3, -0.25) is 0 Å². The number of para-hydroxylation sites is 1. The fourth-order valence-corrected chi connectivity index (χ4v) is 2.71. The summed E-state index contributed by atoms with van der Waals surface area (Å²) in [5.74, 6) is 1.22. The summed E-state index contributed by atoms with van der Waals surface area (Å²) < 4.78 is 5.36. The quantitative estimate of drug-likeness (QED) is 0.796. The summed E-state index contributed by atoms with van der Waals surface area (Å²) in [6.07, 6.45) is 2.05. The number of phenolic OH excluding ortho intramolecular Hbond substituents is 1. The summed E-state index contributed by atoms with van der Waals surface area (Å²) in [6.45, 7) is 0. The smallest absolute Gasteiger partial charge is 0.261 e. The Hall–Kier alpha value is -2.62. The number of phenols is 1. The van der Waals surface area contributed by atoms with Gasteiger partial charge in [0.15, 0.2) is 5.82 Å². The van der Waals surface area contributed by atoms with E-state index in [1.807, 2.05) is 24.3 Å². The van der Waals surface area contributed by atoms with Crippen molar-refractivity contribution < 1.29 is 9.63 Å². The molecule has 0 atom stereocenters. The highest BCUT2D eigenvalue weighted by Crippen LogP contribution is 2.52. The molecule has 1 N–H and O–H groups in total. The van der Waals surface area contributed by atoms with Crippen molar-refractivity contribution in [1.29, 1.82) is 0 Å². The number of hydrogen-bond acceptors (Lipinski definition) is 4. The van der Waals surface area contributed by atoms with Crippen molar-refractivity contribution in [2.24, 2.45) is 0 Å². The molecule has 0 bridgehead atoms. The van der Waals surface area contributed by atoms with Gasteiger partial charge in [-0.2, -0.15) is 4.98 Å². The molecule has 4 heteroatoms. The molecule has 0 amide bonds. The summed E-state index contributed by atoms with van der Waals surface area (Å²) in [5, 5.41) is 14.0. The third-order valence-corrected chi connectivity index (χ3v) is 4.06. The first-order valence-corrected chi connectivity index (χ1v) is 6.98. The summed E-state index contributed by atoms with van der Waals surface area (Å²) in [6, 6.07) is 17.2. The van der Waals surface area contributed by atoms with E-state index in [-0.39, 0.29) is 11.2 Å². The van der Waals surface area contributed by atoms with Gasteiger partial charge < -0.3 is 9.63 Å². The Bertz CT molecular complexity index is 776. The summed E-state index contributed by atoms with van der Waals surface area (Å²) >= 11 is 0. The average molecular weight is 278 g/mol. The van der Waals surface area contributed by atoms with Gasteiger partial charge in [0.1, 0.15) is 5.75 Å². The summed E-state index contributed by atoms with van der Waals surface area (Å²) in [4.78, 5) is 4.51. The van der Waals surface area contributed by atoms with Crippen molar-refractivity contribution in [3.05, 3.63) is 66.0 Å². The number of aromatic nitrogens is 2. The van der Waals surface area contributed by atoms with Crippen LogP contribution >= 0.6 is 0 Å². The molecule has 21 heavy (non-hydrogen) atoms. The minimum Gasteiger partial charge on any atom is -0.507 e. The lowest BCUT2D eigenvalue weighted by molar-refractivity contribution is 0.413. The van der Waals surface area contributed by atoms with Crippen molar-refractivity contribution in [2.45, 2.75) is 18.3 Å². The molecule has 1 aliphatic carbocycles. The van der Waals surface area contributed by atoms with E-state index in [9.17, 15) is 5.11 Å². The normalized spacial score (nSPS) is 15.8. The Morgan fingerprint density at radius 3 is 2.38 bits per heavy atom. The number of nitrogens with zero attached hydrogens (tertiary/aromatic N) is 2. The van der Waals surface area contributed by atoms with Crippen LogP contribution in [0.4, 0.5) is 0 Å². The van der Waals surface area contributed by atoms with Crippen LogP contribution in [0.25, 0.3) is 11.5 Å². The molecule has 1 fully saturated rings. The predicted molar refractivity (Wildman–Crippen MR) is 77.9 cm³/mol. The van der Waals surface area contributed by atoms with Crippen LogP contribution in [0.2, 0.25) is 0 Å². The zero-order valence-electron chi connectivity index (χ0n) is 11.4. The fourth-order valence-electron chi connectivity index (χ4n) is 2.71. The van der Waals surface area contributed by atoms with Gasteiger partial charge in [-0.05, 0) is 30.5 Å². The van der Waals surface area contributed by atoms with Crippen LogP contribution in [0.15, 0.2) is 59.1 Å². The molecule has 4 rings (SSSR count). The van der Waals surface area contributed by atoms with E-state index >= 15 is 0 Å². The Morgan fingerprint density at radius 2 is 1.67 bits per heavy atom. The Balaban J connectivity index is 1.74. The van der Waals surface area contributed by atoms with Gasteiger partial charge in [0.05, 0.1) is 11.0 Å². The number of aromatic hydroxyl groups is 1. The van der Waals surface area contributed by atoms with E-state index in [4.69, 9.17) is 4.52 Å². The van der Waals surface area contributed by atoms with E-state index < -0.39 is 0 Å². The topological polar surface area (TPSA) is 59.2 Å². The van der Waals surface area contributed by atoms with E-state index in [0.717, 1.165) is 12.8 Å². The highest BCUT2D eigenvalue weighted by Gasteiger charge is 2.49. The van der Waals surface area contributed by atoms with Crippen LogP contribution in [0.5, 0.6) is 5.75 Å². The van der Waals surface area contributed by atoms with Gasteiger partial charge >= 0.3 is 0 Å². The highest BCUT2D eigenvalue weighted by atomic mass is 16.5. The van der Waals surface area contributed by atoms with Crippen molar-refractivity contribution >= 4 is 0 Å². The molecule has 1 heterocycles. The second kappa shape index (κ2) is 4.45. The first-order valence-electron chi connectivity index (χ1n) is 6.98. The SMILES string of the molecule is Oc1ccccc1-c1nc(C2(c3ccccc3)CC2)no1. The Kier molecular flexibility index (Phi) is 2.57. The lowest BCUT2D eigenvalue weighted by Crippen LogP contribution is -2.10. The first kappa shape index (κ1) is 12.1. The van der Waals surface area contributed by atoms with Crippen molar-refractivity contribution in [3.8, 4) is 17.2 Å². The molecular formula is C17H14N2O2. The fraction of sp³-hybridized carbons (Fsp3) is 0.176. The minimum atomic E-state index is -0.118. The maximum atomic E-state index is 9.88. The molecule has 0 aliphatic heterocycles. The molecule has 1 aliphatic rings. The summed E-state index contributed by atoms with van der Waals surface area (Å²) in [7, 11) is 0. The number of hydrogen-bond donors (Lipinski definition) is 1. The van der Waals surface area contributed by atoms with Crippen LogP contribution in [-0.4, -0.2) is 15.2 Å². The monoisotopic (exact) mass is 278 g/mol. The standard InChI is InChI=1S/C17H14N2O2/c20-14-9-5-4-8-13(14)15-18-16(19-21-15)17(10-11-17)12-6-2-1-3-7-12/h1-9,20H,10-11H2. The molecule has 1 aromatic heterocycles. The molecule has 2 aromatic carbocycles. The number of rotatable bonds is 3. The molecule has 1 saturated carbocycles. The van der Waals surface area contributed by atoms with Gasteiger partial charge in [0.2, 0.25) is 0 Å². The molecule has 3 aromatic rings. The average Bonchev–Trinajstić information content (AvgIpc) is 3.20. The van der Waals surface area contributed by atoms with Gasteiger partial charge in [-0.15, -0.1) is 0 Å². The second-order valence-electron chi connectivity index (χ2n) is 5.39. The van der Waals surface area contributed by atoms with Gasteiger partial charge in [-0.1, -0.05) is 47.6 Å². The summed E-state index contributed by atoms with van der Waals surface area (Å²) in [5.41, 5.74) is 1.67. The van der Waals surface area contributed by atoms with E-state index in [1.54, 1.807) is 18.2 Å². The zero-order valence-corrected chi connectivity index (χ0v) is 11.4. The third-order valence-electron chi connectivity index (χ3n) is 4.06. The van der Waals surface area contributed by atoms with Gasteiger partial charge in [0.25, 0.3) is 5.89 Å². The molecule has 0 unspecified atom stereocenters. The van der Waals surface area contributed by atoms with Crippen molar-refractivity contribution in [3.63, 3.8) is 0 Å². The molecule has 0 radical (unpaired) electrons. The molecule has 0 spiro atoms. The lowest BCUT2D eigenvalue weighted by atomic mass is 9.95. The Morgan fingerprint density at radius 1 is 0.952 bits per heavy atom.